The molecule has 0 radical (unpaired) electrons. The van der Waals surface area contributed by atoms with Gasteiger partial charge in [0.1, 0.15) is 10.8 Å². The van der Waals surface area contributed by atoms with Crippen LogP contribution in [0.3, 0.4) is 0 Å². The maximum absolute atomic E-state index is 12.7. The molecule has 0 saturated heterocycles. The van der Waals surface area contributed by atoms with Crippen molar-refractivity contribution in [2.24, 2.45) is 5.92 Å². The average molecular weight is 382 g/mol. The van der Waals surface area contributed by atoms with Crippen molar-refractivity contribution in [3.05, 3.63) is 64.9 Å². The summed E-state index contributed by atoms with van der Waals surface area (Å²) in [5.74, 6) is -0.578. The number of anilines is 2. The number of aromatic nitrogens is 1. The fourth-order valence-electron chi connectivity index (χ4n) is 2.58. The van der Waals surface area contributed by atoms with Gasteiger partial charge in [-0.25, -0.2) is 4.98 Å². The lowest BCUT2D eigenvalue weighted by Gasteiger charge is -2.13. The average Bonchev–Trinajstić information content (AvgIpc) is 2.64. The smallest absolute Gasteiger partial charge is 0.274 e. The minimum Gasteiger partial charge on any atom is -0.326 e. The Labute approximate surface area is 162 Å². The quantitative estimate of drug-likeness (QED) is 0.621. The first-order chi connectivity index (χ1) is 12.8. The molecule has 0 unspecified atom stereocenters. The van der Waals surface area contributed by atoms with Crippen molar-refractivity contribution in [3.8, 4) is 0 Å². The Morgan fingerprint density at radius 1 is 1.04 bits per heavy atom. The largest absolute Gasteiger partial charge is 0.326 e. The Morgan fingerprint density at radius 3 is 2.52 bits per heavy atom. The van der Waals surface area contributed by atoms with E-state index in [1.807, 2.05) is 51.1 Å². The standard InChI is InChI=1S/C21H20ClN3O2/c1-12(2)20(26)23-15-9-8-13(3)17(11-15)25-21(27)18-10-14-6-4-5-7-16(14)19(22)24-18/h4-12H,1-3H3,(H,23,26)(H,25,27). The highest BCUT2D eigenvalue weighted by molar-refractivity contribution is 6.34. The first-order valence-corrected chi connectivity index (χ1v) is 9.01. The van der Waals surface area contributed by atoms with Gasteiger partial charge in [-0.2, -0.15) is 0 Å². The van der Waals surface area contributed by atoms with Gasteiger partial charge in [0, 0.05) is 22.7 Å². The number of amides is 2. The normalized spacial score (nSPS) is 10.9. The fourth-order valence-corrected chi connectivity index (χ4v) is 2.84. The minimum absolute atomic E-state index is 0.0842. The van der Waals surface area contributed by atoms with Gasteiger partial charge in [0.2, 0.25) is 5.91 Å². The Balaban J connectivity index is 1.86. The Hall–Kier alpha value is -2.92. The molecule has 0 saturated carbocycles. The monoisotopic (exact) mass is 381 g/mol. The van der Waals surface area contributed by atoms with Crippen molar-refractivity contribution in [3.63, 3.8) is 0 Å². The number of nitrogens with one attached hydrogen (secondary N) is 2. The summed E-state index contributed by atoms with van der Waals surface area (Å²) < 4.78 is 0. The number of carbonyl (C=O) groups is 2. The van der Waals surface area contributed by atoms with Crippen molar-refractivity contribution in [2.75, 3.05) is 10.6 Å². The van der Waals surface area contributed by atoms with Crippen molar-refractivity contribution < 1.29 is 9.59 Å². The van der Waals surface area contributed by atoms with E-state index in [0.29, 0.717) is 11.4 Å². The molecular formula is C21H20ClN3O2. The summed E-state index contributed by atoms with van der Waals surface area (Å²) in [5.41, 5.74) is 2.33. The van der Waals surface area contributed by atoms with Crippen LogP contribution in [0, 0.1) is 12.8 Å². The van der Waals surface area contributed by atoms with Gasteiger partial charge in [-0.3, -0.25) is 9.59 Å². The third-order valence-electron chi connectivity index (χ3n) is 4.20. The van der Waals surface area contributed by atoms with E-state index < -0.39 is 0 Å². The van der Waals surface area contributed by atoms with E-state index in [9.17, 15) is 9.59 Å². The lowest BCUT2D eigenvalue weighted by atomic mass is 10.1. The molecule has 1 heterocycles. The number of rotatable bonds is 4. The zero-order valence-corrected chi connectivity index (χ0v) is 16.1. The highest BCUT2D eigenvalue weighted by atomic mass is 35.5. The maximum atomic E-state index is 12.7. The van der Waals surface area contributed by atoms with E-state index in [-0.39, 0.29) is 28.6 Å². The molecule has 138 valence electrons. The van der Waals surface area contributed by atoms with E-state index in [2.05, 4.69) is 15.6 Å². The number of hydrogen-bond donors (Lipinski definition) is 2. The highest BCUT2D eigenvalue weighted by Crippen LogP contribution is 2.24. The lowest BCUT2D eigenvalue weighted by Crippen LogP contribution is -2.18. The molecule has 0 aliphatic heterocycles. The number of carbonyl (C=O) groups excluding carboxylic acids is 2. The molecule has 5 nitrogen and oxygen atoms in total. The third kappa shape index (κ3) is 4.26. The molecule has 2 aromatic carbocycles. The first kappa shape index (κ1) is 18.9. The van der Waals surface area contributed by atoms with Crippen molar-refractivity contribution in [1.29, 1.82) is 0 Å². The van der Waals surface area contributed by atoms with Gasteiger partial charge in [-0.15, -0.1) is 0 Å². The maximum Gasteiger partial charge on any atom is 0.274 e. The Morgan fingerprint density at radius 2 is 1.78 bits per heavy atom. The van der Waals surface area contributed by atoms with E-state index in [1.165, 1.54) is 0 Å². The van der Waals surface area contributed by atoms with Crippen molar-refractivity contribution in [2.45, 2.75) is 20.8 Å². The van der Waals surface area contributed by atoms with Crippen LogP contribution in [0.4, 0.5) is 11.4 Å². The predicted octanol–water partition coefficient (Wildman–Crippen LogP) is 5.04. The molecule has 0 atom stereocenters. The SMILES string of the molecule is Cc1ccc(NC(=O)C(C)C)cc1NC(=O)c1cc2ccccc2c(Cl)n1. The topological polar surface area (TPSA) is 71.1 Å². The summed E-state index contributed by atoms with van der Waals surface area (Å²) in [4.78, 5) is 28.8. The van der Waals surface area contributed by atoms with Crippen molar-refractivity contribution in [1.82, 2.24) is 4.98 Å². The molecule has 0 aliphatic carbocycles. The van der Waals surface area contributed by atoms with Crippen LogP contribution in [0.2, 0.25) is 5.15 Å². The van der Waals surface area contributed by atoms with Gasteiger partial charge in [-0.1, -0.05) is 55.8 Å². The summed E-state index contributed by atoms with van der Waals surface area (Å²) in [7, 11) is 0. The Kier molecular flexibility index (Phi) is 5.42. The molecule has 1 aromatic heterocycles. The number of benzene rings is 2. The first-order valence-electron chi connectivity index (χ1n) is 8.63. The number of halogens is 1. The van der Waals surface area contributed by atoms with Gasteiger partial charge in [0.15, 0.2) is 0 Å². The van der Waals surface area contributed by atoms with E-state index in [0.717, 1.165) is 16.3 Å². The number of hydrogen-bond acceptors (Lipinski definition) is 3. The van der Waals surface area contributed by atoms with Crippen LogP contribution in [-0.4, -0.2) is 16.8 Å². The molecular weight excluding hydrogens is 362 g/mol. The van der Waals surface area contributed by atoms with E-state index >= 15 is 0 Å². The van der Waals surface area contributed by atoms with Crippen LogP contribution >= 0.6 is 11.6 Å². The molecule has 0 bridgehead atoms. The Bertz CT molecular complexity index is 1030. The summed E-state index contributed by atoms with van der Waals surface area (Å²) in [5, 5.41) is 7.60. The summed E-state index contributed by atoms with van der Waals surface area (Å²) in [6.45, 7) is 5.52. The molecule has 3 aromatic rings. The lowest BCUT2D eigenvalue weighted by molar-refractivity contribution is -0.118. The number of nitrogens with zero attached hydrogens (tertiary/aromatic N) is 1. The molecule has 0 aliphatic rings. The van der Waals surface area contributed by atoms with Gasteiger partial charge in [0.05, 0.1) is 0 Å². The van der Waals surface area contributed by atoms with Crippen molar-refractivity contribution >= 4 is 45.6 Å². The van der Waals surface area contributed by atoms with E-state index in [1.54, 1.807) is 18.2 Å². The van der Waals surface area contributed by atoms with Crippen LogP contribution in [0.25, 0.3) is 10.8 Å². The summed E-state index contributed by atoms with van der Waals surface area (Å²) in [6.07, 6.45) is 0. The molecule has 27 heavy (non-hydrogen) atoms. The summed E-state index contributed by atoms with van der Waals surface area (Å²) in [6, 6.07) is 14.6. The van der Waals surface area contributed by atoms with Gasteiger partial charge < -0.3 is 10.6 Å². The van der Waals surface area contributed by atoms with Crippen LogP contribution in [0.15, 0.2) is 48.5 Å². The minimum atomic E-state index is -0.363. The summed E-state index contributed by atoms with van der Waals surface area (Å²) >= 11 is 6.21. The van der Waals surface area contributed by atoms with Gasteiger partial charge in [0.25, 0.3) is 5.91 Å². The predicted molar refractivity (Wildman–Crippen MR) is 109 cm³/mol. The second-order valence-electron chi connectivity index (χ2n) is 6.65. The van der Waals surface area contributed by atoms with Gasteiger partial charge >= 0.3 is 0 Å². The number of pyridine rings is 1. The van der Waals surface area contributed by atoms with Gasteiger partial charge in [-0.05, 0) is 36.1 Å². The zero-order valence-electron chi connectivity index (χ0n) is 15.3. The number of aryl methyl sites for hydroxylation is 1. The second kappa shape index (κ2) is 7.76. The molecule has 2 amide bonds. The van der Waals surface area contributed by atoms with E-state index in [4.69, 9.17) is 11.6 Å². The zero-order chi connectivity index (χ0) is 19.6. The van der Waals surface area contributed by atoms with Crippen LogP contribution < -0.4 is 10.6 Å². The van der Waals surface area contributed by atoms with Crippen LogP contribution in [0.5, 0.6) is 0 Å². The third-order valence-corrected chi connectivity index (χ3v) is 4.49. The molecule has 0 fully saturated rings. The van der Waals surface area contributed by atoms with Crippen LogP contribution in [-0.2, 0) is 4.79 Å². The molecule has 2 N–H and O–H groups in total. The van der Waals surface area contributed by atoms with Crippen LogP contribution in [0.1, 0.15) is 29.9 Å². The number of fused-ring (bicyclic) bond motifs is 1. The highest BCUT2D eigenvalue weighted by Gasteiger charge is 2.14. The second-order valence-corrected chi connectivity index (χ2v) is 7.01. The molecule has 3 rings (SSSR count). The molecule has 6 heteroatoms. The molecule has 0 spiro atoms. The fraction of sp³-hybridized carbons (Fsp3) is 0.190.